The number of hydrogen-bond acceptors (Lipinski definition) is 3. The van der Waals surface area contributed by atoms with E-state index in [0.29, 0.717) is 0 Å². The third-order valence-electron chi connectivity index (χ3n) is 2.23. The zero-order valence-corrected chi connectivity index (χ0v) is 7.12. The summed E-state index contributed by atoms with van der Waals surface area (Å²) in [6.45, 7) is 1.06. The summed E-state index contributed by atoms with van der Waals surface area (Å²) in [5.74, 6) is 1.28. The molecular formula is C9H12N2O. The molecule has 64 valence electrons. The number of aromatic nitrogens is 1. The highest BCUT2D eigenvalue weighted by atomic mass is 16.3. The first-order valence-electron chi connectivity index (χ1n) is 4.16. The summed E-state index contributed by atoms with van der Waals surface area (Å²) in [7, 11) is 2.03. The molecule has 0 saturated carbocycles. The van der Waals surface area contributed by atoms with Crippen LogP contribution < -0.4 is 4.90 Å². The molecule has 1 aromatic rings. The standard InChI is InChI=1S/C9H12N2O/c1-11-4-2-3-7-5-8(12)6-10-9(7)11/h5-6,12H,2-4H2,1H3. The zero-order chi connectivity index (χ0) is 8.55. The second-order valence-corrected chi connectivity index (χ2v) is 3.20. The van der Waals surface area contributed by atoms with E-state index >= 15 is 0 Å². The minimum absolute atomic E-state index is 0.268. The number of rotatable bonds is 0. The minimum Gasteiger partial charge on any atom is -0.506 e. The lowest BCUT2D eigenvalue weighted by Crippen LogP contribution is -2.25. The Morgan fingerprint density at radius 2 is 2.42 bits per heavy atom. The van der Waals surface area contributed by atoms with Crippen LogP contribution in [0.25, 0.3) is 0 Å². The molecule has 0 atom stereocenters. The molecule has 0 saturated heterocycles. The Bertz CT molecular complexity index is 299. The van der Waals surface area contributed by atoms with Gasteiger partial charge in [0.15, 0.2) is 0 Å². The van der Waals surface area contributed by atoms with Crippen molar-refractivity contribution in [3.63, 3.8) is 0 Å². The minimum atomic E-state index is 0.268. The van der Waals surface area contributed by atoms with Crippen molar-refractivity contribution in [3.8, 4) is 5.75 Å². The van der Waals surface area contributed by atoms with Crippen molar-refractivity contribution in [2.75, 3.05) is 18.5 Å². The van der Waals surface area contributed by atoms with Crippen molar-refractivity contribution < 1.29 is 5.11 Å². The predicted molar refractivity (Wildman–Crippen MR) is 47.5 cm³/mol. The van der Waals surface area contributed by atoms with Gasteiger partial charge in [-0.05, 0) is 24.5 Å². The number of nitrogens with zero attached hydrogens (tertiary/aromatic N) is 2. The molecular weight excluding hydrogens is 152 g/mol. The van der Waals surface area contributed by atoms with Crippen molar-refractivity contribution in [3.05, 3.63) is 17.8 Å². The van der Waals surface area contributed by atoms with E-state index in [0.717, 1.165) is 30.8 Å². The van der Waals surface area contributed by atoms with Crippen LogP contribution in [-0.2, 0) is 6.42 Å². The van der Waals surface area contributed by atoms with Gasteiger partial charge in [-0.15, -0.1) is 0 Å². The highest BCUT2D eigenvalue weighted by Gasteiger charge is 2.14. The molecule has 2 rings (SSSR count). The maximum Gasteiger partial charge on any atom is 0.134 e. The molecule has 2 heterocycles. The van der Waals surface area contributed by atoms with Crippen LogP contribution in [-0.4, -0.2) is 23.7 Å². The molecule has 1 aromatic heterocycles. The fourth-order valence-electron chi connectivity index (χ4n) is 1.63. The molecule has 0 bridgehead atoms. The number of aryl methyl sites for hydroxylation is 1. The number of fused-ring (bicyclic) bond motifs is 1. The number of hydrogen-bond donors (Lipinski definition) is 1. The molecule has 3 nitrogen and oxygen atoms in total. The van der Waals surface area contributed by atoms with Gasteiger partial charge in [0.2, 0.25) is 0 Å². The van der Waals surface area contributed by atoms with Crippen LogP contribution in [0.15, 0.2) is 12.3 Å². The van der Waals surface area contributed by atoms with Crippen LogP contribution in [0.4, 0.5) is 5.82 Å². The Balaban J connectivity index is 2.46. The quantitative estimate of drug-likeness (QED) is 0.625. The van der Waals surface area contributed by atoms with Crippen molar-refractivity contribution in [2.24, 2.45) is 0 Å². The summed E-state index contributed by atoms with van der Waals surface area (Å²) in [6, 6.07) is 1.80. The van der Waals surface area contributed by atoms with E-state index in [1.807, 2.05) is 7.05 Å². The maximum atomic E-state index is 9.19. The second-order valence-electron chi connectivity index (χ2n) is 3.20. The average molecular weight is 164 g/mol. The van der Waals surface area contributed by atoms with Crippen LogP contribution in [0.3, 0.4) is 0 Å². The normalized spacial score (nSPS) is 15.9. The topological polar surface area (TPSA) is 36.4 Å². The van der Waals surface area contributed by atoms with Crippen LogP contribution in [0, 0.1) is 0 Å². The second kappa shape index (κ2) is 2.66. The predicted octanol–water partition coefficient (Wildman–Crippen LogP) is 1.17. The number of aromatic hydroxyl groups is 1. The van der Waals surface area contributed by atoms with E-state index < -0.39 is 0 Å². The number of pyridine rings is 1. The summed E-state index contributed by atoms with van der Waals surface area (Å²) in [4.78, 5) is 6.30. The average Bonchev–Trinajstić information content (AvgIpc) is 2.04. The molecule has 0 radical (unpaired) electrons. The summed E-state index contributed by atoms with van der Waals surface area (Å²) in [5, 5.41) is 9.19. The molecule has 0 fully saturated rings. The highest BCUT2D eigenvalue weighted by Crippen LogP contribution is 2.25. The molecule has 12 heavy (non-hydrogen) atoms. The first-order chi connectivity index (χ1) is 5.77. The van der Waals surface area contributed by atoms with Gasteiger partial charge in [0.1, 0.15) is 11.6 Å². The summed E-state index contributed by atoms with van der Waals surface area (Å²) in [6.07, 6.45) is 3.68. The van der Waals surface area contributed by atoms with E-state index in [2.05, 4.69) is 9.88 Å². The largest absolute Gasteiger partial charge is 0.506 e. The third-order valence-corrected chi connectivity index (χ3v) is 2.23. The third kappa shape index (κ3) is 1.11. The van der Waals surface area contributed by atoms with E-state index in [1.54, 1.807) is 6.07 Å². The fraction of sp³-hybridized carbons (Fsp3) is 0.444. The molecule has 3 heteroatoms. The molecule has 1 N–H and O–H groups in total. The SMILES string of the molecule is CN1CCCc2cc(O)cnc21. The Morgan fingerprint density at radius 1 is 1.58 bits per heavy atom. The van der Waals surface area contributed by atoms with Gasteiger partial charge in [0.25, 0.3) is 0 Å². The van der Waals surface area contributed by atoms with Gasteiger partial charge in [-0.2, -0.15) is 0 Å². The zero-order valence-electron chi connectivity index (χ0n) is 7.12. The first-order valence-corrected chi connectivity index (χ1v) is 4.16. The van der Waals surface area contributed by atoms with Crippen molar-refractivity contribution in [1.82, 2.24) is 4.98 Å². The molecule has 0 aliphatic carbocycles. The van der Waals surface area contributed by atoms with E-state index in [-0.39, 0.29) is 5.75 Å². The maximum absolute atomic E-state index is 9.19. The molecule has 0 aromatic carbocycles. The Hall–Kier alpha value is -1.25. The van der Waals surface area contributed by atoms with Crippen molar-refractivity contribution in [2.45, 2.75) is 12.8 Å². The van der Waals surface area contributed by atoms with Gasteiger partial charge in [0.05, 0.1) is 6.20 Å². The summed E-state index contributed by atoms with van der Waals surface area (Å²) < 4.78 is 0. The molecule has 1 aliphatic rings. The number of anilines is 1. The smallest absolute Gasteiger partial charge is 0.134 e. The van der Waals surface area contributed by atoms with E-state index in [1.165, 1.54) is 6.20 Å². The first kappa shape index (κ1) is 7.40. The lowest BCUT2D eigenvalue weighted by atomic mass is 10.1. The molecule has 0 spiro atoms. The molecule has 0 unspecified atom stereocenters. The Labute approximate surface area is 71.7 Å². The van der Waals surface area contributed by atoms with Gasteiger partial charge in [0, 0.05) is 13.6 Å². The lowest BCUT2D eigenvalue weighted by Gasteiger charge is -2.25. The lowest BCUT2D eigenvalue weighted by molar-refractivity contribution is 0.471. The van der Waals surface area contributed by atoms with E-state index in [4.69, 9.17) is 0 Å². The van der Waals surface area contributed by atoms with Gasteiger partial charge in [-0.1, -0.05) is 0 Å². The molecule has 0 amide bonds. The van der Waals surface area contributed by atoms with Crippen LogP contribution in [0.2, 0.25) is 0 Å². The van der Waals surface area contributed by atoms with Gasteiger partial charge in [-0.25, -0.2) is 4.98 Å². The van der Waals surface area contributed by atoms with Crippen LogP contribution in [0.5, 0.6) is 5.75 Å². The van der Waals surface area contributed by atoms with Gasteiger partial charge < -0.3 is 10.0 Å². The monoisotopic (exact) mass is 164 g/mol. The Kier molecular flexibility index (Phi) is 1.64. The molecule has 1 aliphatic heterocycles. The Morgan fingerprint density at radius 3 is 3.25 bits per heavy atom. The summed E-state index contributed by atoms with van der Waals surface area (Å²) in [5.41, 5.74) is 1.16. The summed E-state index contributed by atoms with van der Waals surface area (Å²) >= 11 is 0. The highest BCUT2D eigenvalue weighted by molar-refractivity contribution is 5.50. The fourth-order valence-corrected chi connectivity index (χ4v) is 1.63. The van der Waals surface area contributed by atoms with Crippen LogP contribution in [0.1, 0.15) is 12.0 Å². The van der Waals surface area contributed by atoms with E-state index in [9.17, 15) is 5.11 Å². The van der Waals surface area contributed by atoms with Crippen molar-refractivity contribution in [1.29, 1.82) is 0 Å². The van der Waals surface area contributed by atoms with Crippen LogP contribution >= 0.6 is 0 Å². The van der Waals surface area contributed by atoms with Crippen molar-refractivity contribution >= 4 is 5.82 Å². The van der Waals surface area contributed by atoms with Gasteiger partial charge in [-0.3, -0.25) is 0 Å². The van der Waals surface area contributed by atoms with Gasteiger partial charge >= 0.3 is 0 Å².